The molecule has 0 aliphatic carbocycles. The number of halogens is 1. The monoisotopic (exact) mass is 414 g/mol. The van der Waals surface area contributed by atoms with Crippen LogP contribution in [0.2, 0.25) is 0 Å². The van der Waals surface area contributed by atoms with Gasteiger partial charge in [0.05, 0.1) is 20.8 Å². The van der Waals surface area contributed by atoms with Crippen LogP contribution in [-0.2, 0) is 13.1 Å². The van der Waals surface area contributed by atoms with E-state index in [4.69, 9.17) is 9.47 Å². The van der Waals surface area contributed by atoms with Crippen molar-refractivity contribution < 1.29 is 13.9 Å². The molecule has 1 saturated heterocycles. The molecular formula is C23H31FN4O2. The minimum atomic E-state index is -0.229. The van der Waals surface area contributed by atoms with Crippen LogP contribution in [-0.4, -0.2) is 50.8 Å². The van der Waals surface area contributed by atoms with E-state index in [1.165, 1.54) is 17.7 Å². The number of guanidine groups is 1. The third-order valence-corrected chi connectivity index (χ3v) is 5.11. The van der Waals surface area contributed by atoms with Gasteiger partial charge in [-0.2, -0.15) is 0 Å². The molecule has 1 heterocycles. The van der Waals surface area contributed by atoms with Gasteiger partial charge in [0.2, 0.25) is 0 Å². The zero-order valence-electron chi connectivity index (χ0n) is 18.0. The highest BCUT2D eigenvalue weighted by Crippen LogP contribution is 2.24. The van der Waals surface area contributed by atoms with E-state index in [1.807, 2.05) is 13.0 Å². The highest BCUT2D eigenvalue weighted by Gasteiger charge is 2.23. The molecule has 2 N–H and O–H groups in total. The summed E-state index contributed by atoms with van der Waals surface area (Å²) in [6.07, 6.45) is 1.04. The normalized spacial score (nSPS) is 17.1. The van der Waals surface area contributed by atoms with E-state index in [2.05, 4.69) is 32.7 Å². The second-order valence-corrected chi connectivity index (χ2v) is 7.41. The number of methoxy groups -OCH3 is 2. The fraction of sp³-hybridized carbons (Fsp3) is 0.435. The van der Waals surface area contributed by atoms with Crippen LogP contribution < -0.4 is 20.1 Å². The van der Waals surface area contributed by atoms with Gasteiger partial charge in [-0.15, -0.1) is 0 Å². The Morgan fingerprint density at radius 1 is 1.10 bits per heavy atom. The van der Waals surface area contributed by atoms with Crippen molar-refractivity contribution in [1.29, 1.82) is 0 Å². The van der Waals surface area contributed by atoms with Crippen molar-refractivity contribution in [2.75, 3.05) is 33.9 Å². The molecule has 162 valence electrons. The van der Waals surface area contributed by atoms with Gasteiger partial charge < -0.3 is 20.1 Å². The molecule has 1 fully saturated rings. The Morgan fingerprint density at radius 3 is 2.43 bits per heavy atom. The summed E-state index contributed by atoms with van der Waals surface area (Å²) < 4.78 is 23.8. The minimum Gasteiger partial charge on any atom is -0.497 e. The third-order valence-electron chi connectivity index (χ3n) is 5.11. The van der Waals surface area contributed by atoms with Gasteiger partial charge >= 0.3 is 0 Å². The summed E-state index contributed by atoms with van der Waals surface area (Å²) in [6.45, 7) is 6.13. The number of hydrogen-bond acceptors (Lipinski definition) is 4. The smallest absolute Gasteiger partial charge is 0.191 e. The molecule has 1 aliphatic heterocycles. The van der Waals surface area contributed by atoms with Gasteiger partial charge in [0.15, 0.2) is 5.96 Å². The van der Waals surface area contributed by atoms with E-state index in [1.54, 1.807) is 26.4 Å². The van der Waals surface area contributed by atoms with Gasteiger partial charge in [0.25, 0.3) is 0 Å². The molecular weight excluding hydrogens is 383 g/mol. The molecule has 1 aliphatic rings. The van der Waals surface area contributed by atoms with Gasteiger partial charge in [0.1, 0.15) is 17.3 Å². The third kappa shape index (κ3) is 6.35. The van der Waals surface area contributed by atoms with Crippen LogP contribution in [0.1, 0.15) is 24.5 Å². The van der Waals surface area contributed by atoms with Crippen molar-refractivity contribution in [1.82, 2.24) is 15.5 Å². The number of rotatable bonds is 8. The van der Waals surface area contributed by atoms with Crippen LogP contribution in [0, 0.1) is 5.82 Å². The van der Waals surface area contributed by atoms with Gasteiger partial charge in [-0.3, -0.25) is 4.90 Å². The lowest BCUT2D eigenvalue weighted by Crippen LogP contribution is -2.44. The van der Waals surface area contributed by atoms with Gasteiger partial charge in [-0.05, 0) is 48.7 Å². The summed E-state index contributed by atoms with van der Waals surface area (Å²) >= 11 is 0. The first-order chi connectivity index (χ1) is 14.6. The number of nitrogens with one attached hydrogen (secondary N) is 2. The Labute approximate surface area is 178 Å². The highest BCUT2D eigenvalue weighted by atomic mass is 19.1. The van der Waals surface area contributed by atoms with Gasteiger partial charge in [-0.1, -0.05) is 12.1 Å². The molecule has 30 heavy (non-hydrogen) atoms. The number of hydrogen-bond donors (Lipinski definition) is 2. The second-order valence-electron chi connectivity index (χ2n) is 7.41. The number of ether oxygens (including phenoxy) is 2. The van der Waals surface area contributed by atoms with Crippen LogP contribution in [0.25, 0.3) is 0 Å². The number of likely N-dealkylation sites (tertiary alicyclic amines) is 1. The Kier molecular flexibility index (Phi) is 7.90. The van der Waals surface area contributed by atoms with Crippen LogP contribution in [0.15, 0.2) is 47.5 Å². The van der Waals surface area contributed by atoms with Crippen molar-refractivity contribution in [3.8, 4) is 11.5 Å². The first-order valence-corrected chi connectivity index (χ1v) is 10.3. The summed E-state index contributed by atoms with van der Waals surface area (Å²) in [6, 6.07) is 12.8. The lowest BCUT2D eigenvalue weighted by atomic mass is 10.2. The fourth-order valence-corrected chi connectivity index (χ4v) is 3.58. The zero-order chi connectivity index (χ0) is 21.3. The number of nitrogens with zero attached hydrogens (tertiary/aromatic N) is 2. The zero-order valence-corrected chi connectivity index (χ0v) is 18.0. The first-order valence-electron chi connectivity index (χ1n) is 10.3. The molecule has 0 saturated carbocycles. The molecule has 2 aromatic carbocycles. The van der Waals surface area contributed by atoms with Crippen LogP contribution >= 0.6 is 0 Å². The molecule has 0 amide bonds. The van der Waals surface area contributed by atoms with Crippen molar-refractivity contribution in [2.24, 2.45) is 4.99 Å². The maximum absolute atomic E-state index is 13.1. The fourth-order valence-electron chi connectivity index (χ4n) is 3.58. The lowest BCUT2D eigenvalue weighted by molar-refractivity contribution is 0.321. The maximum Gasteiger partial charge on any atom is 0.191 e. The first kappa shape index (κ1) is 21.9. The molecule has 0 spiro atoms. The quantitative estimate of drug-likeness (QED) is 0.513. The minimum absolute atomic E-state index is 0.229. The van der Waals surface area contributed by atoms with E-state index in [9.17, 15) is 4.39 Å². The van der Waals surface area contributed by atoms with Crippen LogP contribution in [0.4, 0.5) is 4.39 Å². The molecule has 0 aromatic heterocycles. The Bertz CT molecular complexity index is 819. The summed E-state index contributed by atoms with van der Waals surface area (Å²) in [5.41, 5.74) is 2.15. The van der Waals surface area contributed by atoms with Crippen molar-refractivity contribution in [3.63, 3.8) is 0 Å². The Balaban J connectivity index is 1.56. The summed E-state index contributed by atoms with van der Waals surface area (Å²) in [5, 5.41) is 6.83. The van der Waals surface area contributed by atoms with Gasteiger partial charge in [-0.25, -0.2) is 9.38 Å². The molecule has 7 heteroatoms. The molecule has 0 radical (unpaired) electrons. The van der Waals surface area contributed by atoms with E-state index in [0.717, 1.165) is 55.6 Å². The van der Waals surface area contributed by atoms with E-state index in [0.29, 0.717) is 12.6 Å². The lowest BCUT2D eigenvalue weighted by Gasteiger charge is -2.19. The van der Waals surface area contributed by atoms with Crippen molar-refractivity contribution in [2.45, 2.75) is 32.5 Å². The summed E-state index contributed by atoms with van der Waals surface area (Å²) in [7, 11) is 3.34. The second kappa shape index (κ2) is 10.8. The molecule has 0 bridgehead atoms. The maximum atomic E-state index is 13.1. The average Bonchev–Trinajstić information content (AvgIpc) is 3.19. The predicted molar refractivity (Wildman–Crippen MR) is 118 cm³/mol. The van der Waals surface area contributed by atoms with E-state index in [-0.39, 0.29) is 5.82 Å². The van der Waals surface area contributed by atoms with Crippen molar-refractivity contribution in [3.05, 3.63) is 59.4 Å². The highest BCUT2D eigenvalue weighted by molar-refractivity contribution is 5.80. The summed E-state index contributed by atoms with van der Waals surface area (Å²) in [4.78, 5) is 7.06. The number of benzene rings is 2. The topological polar surface area (TPSA) is 58.1 Å². The van der Waals surface area contributed by atoms with E-state index >= 15 is 0 Å². The Hall–Kier alpha value is -2.80. The standard InChI is InChI=1S/C23H31FN4O2/c1-4-25-23(26-14-17-5-7-19(24)8-6-17)27-20-9-10-28(16-20)15-18-11-21(29-2)13-22(12-18)30-3/h5-8,11-13,20H,4,9-10,14-16H2,1-3H3,(H2,25,26,27). The molecule has 1 atom stereocenters. The molecule has 1 unspecified atom stereocenters. The summed E-state index contributed by atoms with van der Waals surface area (Å²) in [5.74, 6) is 2.17. The Morgan fingerprint density at radius 2 is 1.80 bits per heavy atom. The van der Waals surface area contributed by atoms with Gasteiger partial charge in [0, 0.05) is 38.3 Å². The van der Waals surface area contributed by atoms with Crippen LogP contribution in [0.5, 0.6) is 11.5 Å². The molecule has 3 rings (SSSR count). The molecule has 6 nitrogen and oxygen atoms in total. The largest absolute Gasteiger partial charge is 0.497 e. The number of aliphatic imine (C=N–C) groups is 1. The predicted octanol–water partition coefficient (Wildman–Crippen LogP) is 3.17. The average molecular weight is 415 g/mol. The van der Waals surface area contributed by atoms with E-state index < -0.39 is 0 Å². The van der Waals surface area contributed by atoms with Crippen LogP contribution in [0.3, 0.4) is 0 Å². The molecule has 2 aromatic rings. The van der Waals surface area contributed by atoms with Crippen molar-refractivity contribution >= 4 is 5.96 Å². The SMILES string of the molecule is CCNC(=NCc1ccc(F)cc1)NC1CCN(Cc2cc(OC)cc(OC)c2)C1.